The normalized spacial score (nSPS) is 16.8. The zero-order valence-electron chi connectivity index (χ0n) is 17.3. The maximum Gasteiger partial charge on any atom is 0.267 e. The summed E-state index contributed by atoms with van der Waals surface area (Å²) in [5, 5.41) is 0. The van der Waals surface area contributed by atoms with E-state index in [1.807, 2.05) is 12.1 Å². The molecule has 2 aromatic heterocycles. The Hall–Kier alpha value is -3.27. The van der Waals surface area contributed by atoms with Gasteiger partial charge in [0.25, 0.3) is 15.9 Å². The van der Waals surface area contributed by atoms with Crippen LogP contribution in [0.3, 0.4) is 0 Å². The SMILES string of the molecule is O=C(C=Cc1ccn(S(=O)(=O)c2ccc(-c3ccncc3)cc2)c1)NOC1CCCCO1. The molecule has 8 nitrogen and oxygen atoms in total. The van der Waals surface area contributed by atoms with Crippen LogP contribution in [0, 0.1) is 0 Å². The molecule has 0 saturated carbocycles. The minimum atomic E-state index is -3.75. The monoisotopic (exact) mass is 453 g/mol. The fraction of sp³-hybridized carbons (Fsp3) is 0.217. The highest BCUT2D eigenvalue weighted by molar-refractivity contribution is 7.90. The molecular formula is C23H23N3O5S. The number of amides is 1. The van der Waals surface area contributed by atoms with Crippen molar-refractivity contribution < 1.29 is 22.8 Å². The molecule has 1 amide bonds. The first kappa shape index (κ1) is 21.9. The second-order valence-corrected chi connectivity index (χ2v) is 9.10. The molecule has 1 aromatic carbocycles. The molecule has 0 bridgehead atoms. The molecule has 1 saturated heterocycles. The van der Waals surface area contributed by atoms with Crippen LogP contribution in [0.5, 0.6) is 0 Å². The van der Waals surface area contributed by atoms with E-state index in [2.05, 4.69) is 10.5 Å². The van der Waals surface area contributed by atoms with Gasteiger partial charge in [-0.3, -0.25) is 9.78 Å². The van der Waals surface area contributed by atoms with E-state index in [-0.39, 0.29) is 4.90 Å². The molecule has 32 heavy (non-hydrogen) atoms. The number of nitrogens with zero attached hydrogens (tertiary/aromatic N) is 2. The Kier molecular flexibility index (Phi) is 6.79. The highest BCUT2D eigenvalue weighted by Gasteiger charge is 2.17. The van der Waals surface area contributed by atoms with E-state index >= 15 is 0 Å². The molecule has 1 aliphatic heterocycles. The molecule has 0 aliphatic carbocycles. The molecule has 1 N–H and O–H groups in total. The van der Waals surface area contributed by atoms with Crippen molar-refractivity contribution in [2.75, 3.05) is 6.61 Å². The molecule has 1 unspecified atom stereocenters. The highest BCUT2D eigenvalue weighted by Crippen LogP contribution is 2.22. The van der Waals surface area contributed by atoms with Gasteiger partial charge >= 0.3 is 0 Å². The van der Waals surface area contributed by atoms with Gasteiger partial charge < -0.3 is 4.74 Å². The van der Waals surface area contributed by atoms with Crippen LogP contribution in [0.15, 0.2) is 78.2 Å². The molecule has 1 fully saturated rings. The van der Waals surface area contributed by atoms with Gasteiger partial charge in [-0.15, -0.1) is 0 Å². The second-order valence-electron chi connectivity index (χ2n) is 7.25. The minimum Gasteiger partial charge on any atom is -0.350 e. The van der Waals surface area contributed by atoms with Gasteiger partial charge in [-0.25, -0.2) is 22.7 Å². The van der Waals surface area contributed by atoms with E-state index in [0.29, 0.717) is 12.2 Å². The number of carbonyl (C=O) groups is 1. The summed E-state index contributed by atoms with van der Waals surface area (Å²) in [5.41, 5.74) is 4.74. The average molecular weight is 454 g/mol. The highest BCUT2D eigenvalue weighted by atomic mass is 32.2. The van der Waals surface area contributed by atoms with Crippen LogP contribution in [0.2, 0.25) is 0 Å². The van der Waals surface area contributed by atoms with Crippen molar-refractivity contribution in [1.82, 2.24) is 14.4 Å². The third kappa shape index (κ3) is 5.31. The minimum absolute atomic E-state index is 0.167. The number of pyridine rings is 1. The van der Waals surface area contributed by atoms with Crippen molar-refractivity contribution in [3.63, 3.8) is 0 Å². The molecule has 4 rings (SSSR count). The second kappa shape index (κ2) is 9.90. The number of nitrogens with one attached hydrogen (secondary N) is 1. The lowest BCUT2D eigenvalue weighted by molar-refractivity contribution is -0.198. The summed E-state index contributed by atoms with van der Waals surface area (Å²) >= 11 is 0. The zero-order valence-corrected chi connectivity index (χ0v) is 18.1. The molecule has 166 valence electrons. The Labute approximate surface area is 186 Å². The number of rotatable bonds is 7. The van der Waals surface area contributed by atoms with Crippen LogP contribution in [-0.2, 0) is 24.4 Å². The number of hydrogen-bond acceptors (Lipinski definition) is 6. The van der Waals surface area contributed by atoms with E-state index in [1.54, 1.807) is 42.7 Å². The van der Waals surface area contributed by atoms with Gasteiger partial charge in [0.1, 0.15) is 0 Å². The summed E-state index contributed by atoms with van der Waals surface area (Å²) in [6, 6.07) is 12.0. The summed E-state index contributed by atoms with van der Waals surface area (Å²) in [6.07, 6.45) is 11.3. The summed E-state index contributed by atoms with van der Waals surface area (Å²) in [7, 11) is -3.75. The summed E-state index contributed by atoms with van der Waals surface area (Å²) in [5.74, 6) is -0.457. The van der Waals surface area contributed by atoms with Crippen LogP contribution in [0.25, 0.3) is 17.2 Å². The van der Waals surface area contributed by atoms with E-state index in [1.165, 1.54) is 24.5 Å². The van der Waals surface area contributed by atoms with Gasteiger partial charge in [-0.2, -0.15) is 0 Å². The van der Waals surface area contributed by atoms with Gasteiger partial charge in [0.15, 0.2) is 6.29 Å². The number of hydrogen-bond donors (Lipinski definition) is 1. The Bertz CT molecular complexity index is 1180. The summed E-state index contributed by atoms with van der Waals surface area (Å²) in [6.45, 7) is 0.616. The third-order valence-corrected chi connectivity index (χ3v) is 6.64. The number of carbonyl (C=O) groups excluding carboxylic acids is 1. The van der Waals surface area contributed by atoms with Crippen molar-refractivity contribution in [1.29, 1.82) is 0 Å². The first-order chi connectivity index (χ1) is 15.5. The first-order valence-corrected chi connectivity index (χ1v) is 11.7. The van der Waals surface area contributed by atoms with Crippen molar-refractivity contribution in [2.24, 2.45) is 0 Å². The summed E-state index contributed by atoms with van der Waals surface area (Å²) in [4.78, 5) is 21.3. The standard InChI is InChI=1S/C23H23N3O5S/c27-22(25-31-23-3-1-2-16-30-23)9-4-18-12-15-26(17-18)32(28,29)21-7-5-19(6-8-21)20-10-13-24-14-11-20/h4-15,17,23H,1-3,16H2,(H,25,27). The number of hydroxylamine groups is 1. The van der Waals surface area contributed by atoms with Crippen LogP contribution in [0.4, 0.5) is 0 Å². The largest absolute Gasteiger partial charge is 0.350 e. The predicted octanol–water partition coefficient (Wildman–Crippen LogP) is 3.37. The maximum absolute atomic E-state index is 12.9. The zero-order chi connectivity index (χ0) is 22.4. The Balaban J connectivity index is 1.39. The molecule has 0 radical (unpaired) electrons. The number of ether oxygens (including phenoxy) is 1. The molecule has 0 spiro atoms. The Morgan fingerprint density at radius 3 is 2.56 bits per heavy atom. The first-order valence-electron chi connectivity index (χ1n) is 10.2. The molecule has 1 atom stereocenters. The van der Waals surface area contributed by atoms with Crippen molar-refractivity contribution >= 4 is 22.0 Å². The Morgan fingerprint density at radius 1 is 1.09 bits per heavy atom. The van der Waals surface area contributed by atoms with Gasteiger partial charge in [0, 0.05) is 43.9 Å². The third-order valence-electron chi connectivity index (χ3n) is 4.99. The smallest absolute Gasteiger partial charge is 0.267 e. The predicted molar refractivity (Wildman–Crippen MR) is 119 cm³/mol. The van der Waals surface area contributed by atoms with Gasteiger partial charge in [-0.1, -0.05) is 12.1 Å². The van der Waals surface area contributed by atoms with Crippen LogP contribution >= 0.6 is 0 Å². The van der Waals surface area contributed by atoms with Gasteiger partial charge in [0.2, 0.25) is 0 Å². The molecular weight excluding hydrogens is 430 g/mol. The van der Waals surface area contributed by atoms with E-state index < -0.39 is 22.2 Å². The van der Waals surface area contributed by atoms with Crippen LogP contribution in [-0.4, -0.2) is 36.2 Å². The Morgan fingerprint density at radius 2 is 1.84 bits per heavy atom. The molecule has 9 heteroatoms. The fourth-order valence-electron chi connectivity index (χ4n) is 3.26. The van der Waals surface area contributed by atoms with Crippen LogP contribution in [0.1, 0.15) is 24.8 Å². The van der Waals surface area contributed by atoms with Crippen molar-refractivity contribution in [3.8, 4) is 11.1 Å². The lowest BCUT2D eigenvalue weighted by atomic mass is 10.1. The van der Waals surface area contributed by atoms with Crippen molar-refractivity contribution in [3.05, 3.63) is 78.9 Å². The molecule has 1 aliphatic rings. The van der Waals surface area contributed by atoms with E-state index in [9.17, 15) is 13.2 Å². The average Bonchev–Trinajstić information content (AvgIpc) is 3.33. The lowest BCUT2D eigenvalue weighted by Gasteiger charge is -2.21. The quantitative estimate of drug-likeness (QED) is 0.435. The maximum atomic E-state index is 12.9. The van der Waals surface area contributed by atoms with Crippen LogP contribution < -0.4 is 5.48 Å². The van der Waals surface area contributed by atoms with Crippen molar-refractivity contribution in [2.45, 2.75) is 30.4 Å². The number of benzene rings is 1. The van der Waals surface area contributed by atoms with E-state index in [0.717, 1.165) is 34.4 Å². The number of aromatic nitrogens is 2. The molecule has 3 heterocycles. The fourth-order valence-corrected chi connectivity index (χ4v) is 4.46. The van der Waals surface area contributed by atoms with Gasteiger partial charge in [-0.05, 0) is 65.9 Å². The summed E-state index contributed by atoms with van der Waals surface area (Å²) < 4.78 is 32.3. The molecule has 3 aromatic rings. The van der Waals surface area contributed by atoms with Gasteiger partial charge in [0.05, 0.1) is 4.90 Å². The lowest BCUT2D eigenvalue weighted by Crippen LogP contribution is -2.32. The topological polar surface area (TPSA) is 99.5 Å². The van der Waals surface area contributed by atoms with E-state index in [4.69, 9.17) is 9.57 Å².